The Morgan fingerprint density at radius 1 is 1.22 bits per heavy atom. The Labute approximate surface area is 179 Å². The third kappa shape index (κ3) is 5.18. The first-order chi connectivity index (χ1) is 15.1. The average molecular weight is 456 g/mol. The van der Waals surface area contributed by atoms with E-state index in [0.29, 0.717) is 18.9 Å². The summed E-state index contributed by atoms with van der Waals surface area (Å²) in [7, 11) is 1.20. The number of piperidine rings is 1. The zero-order valence-corrected chi connectivity index (χ0v) is 16.9. The lowest BCUT2D eigenvalue weighted by molar-refractivity contribution is -0.384. The molecule has 1 aromatic heterocycles. The minimum atomic E-state index is -4.69. The summed E-state index contributed by atoms with van der Waals surface area (Å²) in [6.07, 6.45) is -4.07. The van der Waals surface area contributed by atoms with E-state index in [4.69, 9.17) is 9.15 Å². The number of nitrogens with zero attached hydrogens (tertiary/aromatic N) is 2. The number of benzene rings is 1. The SMILES string of the molecule is COC(=O)c1ccc(COC(=O)C2CCN(c3ccc(C(F)(F)F)cc3[N+](=O)[O-])CC2)o1. The summed E-state index contributed by atoms with van der Waals surface area (Å²) in [5, 5.41) is 11.3. The normalized spacial score (nSPS) is 14.8. The van der Waals surface area contributed by atoms with Crippen molar-refractivity contribution in [2.24, 2.45) is 5.92 Å². The number of nitro benzene ring substituents is 1. The molecule has 3 rings (SSSR count). The number of methoxy groups -OCH3 is 1. The molecule has 0 saturated carbocycles. The summed E-state index contributed by atoms with van der Waals surface area (Å²) in [6.45, 7) is 0.291. The molecule has 0 spiro atoms. The van der Waals surface area contributed by atoms with E-state index in [9.17, 15) is 32.9 Å². The molecule has 12 heteroatoms. The predicted molar refractivity (Wildman–Crippen MR) is 103 cm³/mol. The van der Waals surface area contributed by atoms with Crippen molar-refractivity contribution in [3.05, 3.63) is 57.5 Å². The van der Waals surface area contributed by atoms with Crippen LogP contribution in [0.1, 0.15) is 34.7 Å². The van der Waals surface area contributed by atoms with E-state index in [2.05, 4.69) is 4.74 Å². The molecule has 0 unspecified atom stereocenters. The van der Waals surface area contributed by atoms with Crippen LogP contribution in [0, 0.1) is 16.0 Å². The van der Waals surface area contributed by atoms with Gasteiger partial charge in [-0.2, -0.15) is 13.2 Å². The molecule has 0 amide bonds. The van der Waals surface area contributed by atoms with Gasteiger partial charge in [0.1, 0.15) is 18.1 Å². The number of carbonyl (C=O) groups is 2. The number of alkyl halides is 3. The van der Waals surface area contributed by atoms with Crippen molar-refractivity contribution >= 4 is 23.3 Å². The van der Waals surface area contributed by atoms with Gasteiger partial charge >= 0.3 is 18.1 Å². The quantitative estimate of drug-likeness (QED) is 0.365. The molecule has 1 aliphatic heterocycles. The molecule has 0 radical (unpaired) electrons. The van der Waals surface area contributed by atoms with E-state index < -0.39 is 40.2 Å². The van der Waals surface area contributed by atoms with Crippen molar-refractivity contribution in [3.8, 4) is 0 Å². The van der Waals surface area contributed by atoms with Gasteiger partial charge in [0.2, 0.25) is 5.76 Å². The zero-order chi connectivity index (χ0) is 23.5. The Morgan fingerprint density at radius 3 is 2.50 bits per heavy atom. The Morgan fingerprint density at radius 2 is 1.91 bits per heavy atom. The highest BCUT2D eigenvalue weighted by Gasteiger charge is 2.35. The molecule has 1 saturated heterocycles. The Balaban J connectivity index is 1.59. The predicted octanol–water partition coefficient (Wildman–Crippen LogP) is 3.95. The molecule has 1 aliphatic rings. The van der Waals surface area contributed by atoms with Crippen LogP contribution in [-0.4, -0.2) is 37.1 Å². The molecule has 0 bridgehead atoms. The van der Waals surface area contributed by atoms with Gasteiger partial charge in [0.05, 0.1) is 23.5 Å². The summed E-state index contributed by atoms with van der Waals surface area (Å²) in [6, 6.07) is 5.27. The first-order valence-corrected chi connectivity index (χ1v) is 9.54. The van der Waals surface area contributed by atoms with E-state index >= 15 is 0 Å². The Hall–Kier alpha value is -3.57. The summed E-state index contributed by atoms with van der Waals surface area (Å²) in [4.78, 5) is 35.7. The first kappa shape index (κ1) is 23.1. The minimum Gasteiger partial charge on any atom is -0.463 e. The van der Waals surface area contributed by atoms with Crippen molar-refractivity contribution in [3.63, 3.8) is 0 Å². The van der Waals surface area contributed by atoms with Gasteiger partial charge in [0, 0.05) is 19.2 Å². The highest BCUT2D eigenvalue weighted by atomic mass is 19.4. The van der Waals surface area contributed by atoms with Crippen LogP contribution < -0.4 is 4.90 Å². The third-order valence-electron chi connectivity index (χ3n) is 5.07. The second kappa shape index (κ2) is 9.28. The highest BCUT2D eigenvalue weighted by Crippen LogP contribution is 2.37. The summed E-state index contributed by atoms with van der Waals surface area (Å²) in [5.41, 5.74) is -1.67. The van der Waals surface area contributed by atoms with Crippen molar-refractivity contribution in [2.75, 3.05) is 25.1 Å². The third-order valence-corrected chi connectivity index (χ3v) is 5.07. The number of nitro groups is 1. The average Bonchev–Trinajstić information content (AvgIpc) is 3.25. The number of halogens is 3. The van der Waals surface area contributed by atoms with Crippen LogP contribution in [0.5, 0.6) is 0 Å². The van der Waals surface area contributed by atoms with Crippen LogP contribution in [0.2, 0.25) is 0 Å². The van der Waals surface area contributed by atoms with Crippen molar-refractivity contribution in [1.82, 2.24) is 0 Å². The van der Waals surface area contributed by atoms with E-state index in [0.717, 1.165) is 12.1 Å². The number of carbonyl (C=O) groups excluding carboxylic acids is 2. The van der Waals surface area contributed by atoms with Gasteiger partial charge in [0.25, 0.3) is 5.69 Å². The Bertz CT molecular complexity index is 1010. The molecule has 0 aliphatic carbocycles. The fourth-order valence-corrected chi connectivity index (χ4v) is 3.40. The van der Waals surface area contributed by atoms with Crippen LogP contribution in [0.15, 0.2) is 34.7 Å². The number of anilines is 1. The van der Waals surface area contributed by atoms with Crippen molar-refractivity contribution in [2.45, 2.75) is 25.6 Å². The lowest BCUT2D eigenvalue weighted by Gasteiger charge is -2.32. The molecule has 0 atom stereocenters. The fraction of sp³-hybridized carbons (Fsp3) is 0.400. The van der Waals surface area contributed by atoms with E-state index in [-0.39, 0.29) is 36.9 Å². The number of furan rings is 1. The smallest absolute Gasteiger partial charge is 0.416 e. The summed E-state index contributed by atoms with van der Waals surface area (Å²) < 4.78 is 53.6. The molecule has 172 valence electrons. The molecular formula is C20H19F3N2O7. The second-order valence-corrected chi connectivity index (χ2v) is 7.08. The van der Waals surface area contributed by atoms with Gasteiger partial charge in [-0.15, -0.1) is 0 Å². The van der Waals surface area contributed by atoms with E-state index in [1.807, 2.05) is 0 Å². The van der Waals surface area contributed by atoms with Gasteiger partial charge in [-0.1, -0.05) is 0 Å². The van der Waals surface area contributed by atoms with Crippen LogP contribution >= 0.6 is 0 Å². The van der Waals surface area contributed by atoms with Crippen molar-refractivity contribution in [1.29, 1.82) is 0 Å². The van der Waals surface area contributed by atoms with Crippen LogP contribution in [0.25, 0.3) is 0 Å². The molecule has 2 heterocycles. The van der Waals surface area contributed by atoms with Crippen LogP contribution in [0.4, 0.5) is 24.5 Å². The van der Waals surface area contributed by atoms with Gasteiger partial charge in [-0.3, -0.25) is 14.9 Å². The van der Waals surface area contributed by atoms with Gasteiger partial charge < -0.3 is 18.8 Å². The zero-order valence-electron chi connectivity index (χ0n) is 16.9. The number of esters is 2. The Kier molecular flexibility index (Phi) is 6.70. The molecule has 9 nitrogen and oxygen atoms in total. The van der Waals surface area contributed by atoms with Crippen LogP contribution in [-0.2, 0) is 27.1 Å². The van der Waals surface area contributed by atoms with Gasteiger partial charge in [-0.25, -0.2) is 4.79 Å². The molecule has 2 aromatic rings. The molecular weight excluding hydrogens is 437 g/mol. The lowest BCUT2D eigenvalue weighted by atomic mass is 9.96. The van der Waals surface area contributed by atoms with Crippen LogP contribution in [0.3, 0.4) is 0 Å². The summed E-state index contributed by atoms with van der Waals surface area (Å²) >= 11 is 0. The molecule has 32 heavy (non-hydrogen) atoms. The second-order valence-electron chi connectivity index (χ2n) is 7.08. The fourth-order valence-electron chi connectivity index (χ4n) is 3.40. The number of rotatable bonds is 6. The highest BCUT2D eigenvalue weighted by molar-refractivity contribution is 5.86. The standard InChI is InChI=1S/C20H19F3N2O7/c1-30-19(27)17-5-3-14(32-17)11-31-18(26)12-6-8-24(9-7-12)15-4-2-13(20(21,22)23)10-16(15)25(28)29/h2-5,10,12H,6-9,11H2,1H3. The monoisotopic (exact) mass is 456 g/mol. The molecule has 1 fully saturated rings. The van der Waals surface area contributed by atoms with E-state index in [1.165, 1.54) is 19.2 Å². The largest absolute Gasteiger partial charge is 0.463 e. The van der Waals surface area contributed by atoms with Gasteiger partial charge in [0.15, 0.2) is 0 Å². The number of hydrogen-bond acceptors (Lipinski definition) is 8. The minimum absolute atomic E-state index is 0.0232. The summed E-state index contributed by atoms with van der Waals surface area (Å²) in [5.74, 6) is -1.40. The van der Waals surface area contributed by atoms with Crippen molar-refractivity contribution < 1.29 is 41.6 Å². The number of hydrogen-bond donors (Lipinski definition) is 0. The molecule has 0 N–H and O–H groups in total. The maximum Gasteiger partial charge on any atom is 0.416 e. The molecule has 1 aromatic carbocycles. The lowest BCUT2D eigenvalue weighted by Crippen LogP contribution is -2.37. The number of ether oxygens (including phenoxy) is 2. The maximum atomic E-state index is 12.9. The topological polar surface area (TPSA) is 112 Å². The maximum absolute atomic E-state index is 12.9. The van der Waals surface area contributed by atoms with E-state index in [1.54, 1.807) is 4.90 Å². The first-order valence-electron chi connectivity index (χ1n) is 9.54. The van der Waals surface area contributed by atoms with Gasteiger partial charge in [-0.05, 0) is 37.1 Å².